The lowest BCUT2D eigenvalue weighted by atomic mass is 9.96. The van der Waals surface area contributed by atoms with Gasteiger partial charge in [0.2, 0.25) is 0 Å². The highest BCUT2D eigenvalue weighted by Crippen LogP contribution is 2.26. The van der Waals surface area contributed by atoms with E-state index in [0.29, 0.717) is 24.4 Å². The van der Waals surface area contributed by atoms with Crippen LogP contribution in [0.3, 0.4) is 0 Å². The molecule has 2 saturated heterocycles. The Labute approximate surface area is 158 Å². The number of piperazine rings is 1. The minimum absolute atomic E-state index is 0.291. The van der Waals surface area contributed by atoms with Crippen molar-refractivity contribution in [1.29, 1.82) is 0 Å². The minimum atomic E-state index is 0.291. The van der Waals surface area contributed by atoms with Crippen LogP contribution in [0.4, 0.5) is 0 Å². The van der Waals surface area contributed by atoms with Crippen molar-refractivity contribution >= 4 is 0 Å². The van der Waals surface area contributed by atoms with Crippen LogP contribution in [0.15, 0.2) is 12.4 Å². The molecule has 1 N–H and O–H groups in total. The molecule has 6 nitrogen and oxygen atoms in total. The monoisotopic (exact) mass is 361 g/mol. The summed E-state index contributed by atoms with van der Waals surface area (Å²) in [5, 5.41) is 9.85. The summed E-state index contributed by atoms with van der Waals surface area (Å²) in [6, 6.07) is 0. The molecule has 1 aromatic heterocycles. The highest BCUT2D eigenvalue weighted by atomic mass is 16.3. The first-order valence-electron chi connectivity index (χ1n) is 10.2. The van der Waals surface area contributed by atoms with Gasteiger partial charge < -0.3 is 14.9 Å². The number of aliphatic hydroxyl groups excluding tert-OH is 1. The molecule has 3 heterocycles. The van der Waals surface area contributed by atoms with Crippen molar-refractivity contribution in [3.63, 3.8) is 0 Å². The van der Waals surface area contributed by atoms with E-state index in [2.05, 4.69) is 45.4 Å². The van der Waals surface area contributed by atoms with Gasteiger partial charge in [-0.05, 0) is 18.4 Å². The van der Waals surface area contributed by atoms with Crippen LogP contribution in [0.25, 0.3) is 0 Å². The zero-order chi connectivity index (χ0) is 18.5. The molecular weight excluding hydrogens is 326 g/mol. The highest BCUT2D eigenvalue weighted by Gasteiger charge is 2.34. The van der Waals surface area contributed by atoms with Crippen LogP contribution >= 0.6 is 0 Å². The molecule has 0 aliphatic carbocycles. The Balaban J connectivity index is 1.52. The molecule has 0 spiro atoms. The zero-order valence-electron chi connectivity index (χ0n) is 16.6. The molecule has 2 aliphatic heterocycles. The molecule has 2 atom stereocenters. The Hall–Kier alpha value is -1.08. The number of rotatable bonds is 7. The van der Waals surface area contributed by atoms with Crippen LogP contribution in [0.1, 0.15) is 38.1 Å². The second-order valence-electron chi connectivity index (χ2n) is 8.24. The Morgan fingerprint density at radius 1 is 1.00 bits per heavy atom. The summed E-state index contributed by atoms with van der Waals surface area (Å²) in [7, 11) is 0. The third-order valence-electron chi connectivity index (χ3n) is 5.94. The molecule has 0 radical (unpaired) electrons. The molecular formula is C20H35N5O. The van der Waals surface area contributed by atoms with Gasteiger partial charge in [0, 0.05) is 82.8 Å². The molecule has 3 rings (SSSR count). The van der Waals surface area contributed by atoms with Gasteiger partial charge in [0.05, 0.1) is 0 Å². The fraction of sp³-hybridized carbons (Fsp3) is 0.800. The van der Waals surface area contributed by atoms with E-state index in [1.165, 1.54) is 18.7 Å². The SMILES string of the molecule is CCN1CCN(C[C@@H]2CN(Cc3cnc(C(C)C)nc3)C[C@@H]2CO)CC1. The minimum Gasteiger partial charge on any atom is -0.396 e. The summed E-state index contributed by atoms with van der Waals surface area (Å²) < 4.78 is 0. The summed E-state index contributed by atoms with van der Waals surface area (Å²) >= 11 is 0. The molecule has 146 valence electrons. The van der Waals surface area contributed by atoms with Gasteiger partial charge in [-0.25, -0.2) is 9.97 Å². The van der Waals surface area contributed by atoms with E-state index in [4.69, 9.17) is 0 Å². The summed E-state index contributed by atoms with van der Waals surface area (Å²) in [6.07, 6.45) is 3.93. The van der Waals surface area contributed by atoms with Gasteiger partial charge in [-0.15, -0.1) is 0 Å². The second-order valence-corrected chi connectivity index (χ2v) is 8.24. The summed E-state index contributed by atoms with van der Waals surface area (Å²) in [4.78, 5) is 16.5. The highest BCUT2D eigenvalue weighted by molar-refractivity contribution is 5.07. The summed E-state index contributed by atoms with van der Waals surface area (Å²) in [5.41, 5.74) is 1.17. The Morgan fingerprint density at radius 2 is 1.62 bits per heavy atom. The molecule has 6 heteroatoms. The Morgan fingerprint density at radius 3 is 2.19 bits per heavy atom. The standard InChI is InChI=1S/C20H35N5O/c1-4-23-5-7-24(8-6-23)12-18-13-25(14-19(18)15-26)11-17-9-21-20(16(2)3)22-10-17/h9-10,16,18-19,26H,4-8,11-15H2,1-3H3/t18-,19-/m1/s1. The van der Waals surface area contributed by atoms with Crippen molar-refractivity contribution in [1.82, 2.24) is 24.7 Å². The summed E-state index contributed by atoms with van der Waals surface area (Å²) in [6.45, 7) is 16.6. The van der Waals surface area contributed by atoms with Gasteiger partial charge >= 0.3 is 0 Å². The maximum absolute atomic E-state index is 9.85. The molecule has 2 fully saturated rings. The second kappa shape index (κ2) is 9.22. The van der Waals surface area contributed by atoms with Gasteiger partial charge in [-0.3, -0.25) is 4.90 Å². The predicted octanol–water partition coefficient (Wildman–Crippen LogP) is 1.28. The molecule has 2 aliphatic rings. The Kier molecular flexibility index (Phi) is 6.98. The van der Waals surface area contributed by atoms with Crippen molar-refractivity contribution in [3.8, 4) is 0 Å². The molecule has 0 amide bonds. The van der Waals surface area contributed by atoms with Crippen LogP contribution in [0.2, 0.25) is 0 Å². The number of aromatic nitrogens is 2. The molecule has 1 aromatic rings. The van der Waals surface area contributed by atoms with E-state index >= 15 is 0 Å². The van der Waals surface area contributed by atoms with Gasteiger partial charge in [0.1, 0.15) is 5.82 Å². The molecule has 0 bridgehead atoms. The number of likely N-dealkylation sites (N-methyl/N-ethyl adjacent to an activating group) is 1. The topological polar surface area (TPSA) is 55.7 Å². The Bertz CT molecular complexity index is 542. The van der Waals surface area contributed by atoms with Crippen molar-refractivity contribution < 1.29 is 5.11 Å². The van der Waals surface area contributed by atoms with Crippen molar-refractivity contribution in [2.24, 2.45) is 11.8 Å². The first-order chi connectivity index (χ1) is 12.6. The number of likely N-dealkylation sites (tertiary alicyclic amines) is 1. The van der Waals surface area contributed by atoms with Gasteiger partial charge in [0.15, 0.2) is 0 Å². The zero-order valence-corrected chi connectivity index (χ0v) is 16.6. The number of hydrogen-bond donors (Lipinski definition) is 1. The van der Waals surface area contributed by atoms with Gasteiger partial charge in [-0.2, -0.15) is 0 Å². The third kappa shape index (κ3) is 5.00. The number of nitrogens with zero attached hydrogens (tertiary/aromatic N) is 5. The van der Waals surface area contributed by atoms with Gasteiger partial charge in [0.25, 0.3) is 0 Å². The van der Waals surface area contributed by atoms with E-state index in [1.54, 1.807) is 0 Å². The number of aliphatic hydroxyl groups is 1. The first kappa shape index (κ1) is 19.7. The van der Waals surface area contributed by atoms with Crippen molar-refractivity contribution in [3.05, 3.63) is 23.8 Å². The normalized spacial score (nSPS) is 26.0. The van der Waals surface area contributed by atoms with Crippen LogP contribution in [-0.2, 0) is 6.54 Å². The van der Waals surface area contributed by atoms with E-state index < -0.39 is 0 Å². The molecule has 0 unspecified atom stereocenters. The van der Waals surface area contributed by atoms with E-state index in [-0.39, 0.29) is 0 Å². The lowest BCUT2D eigenvalue weighted by Crippen LogP contribution is -2.48. The molecule has 0 aromatic carbocycles. The quantitative estimate of drug-likeness (QED) is 0.790. The smallest absolute Gasteiger partial charge is 0.130 e. The fourth-order valence-electron chi connectivity index (χ4n) is 4.20. The van der Waals surface area contributed by atoms with Crippen LogP contribution in [-0.4, -0.2) is 88.7 Å². The van der Waals surface area contributed by atoms with Crippen LogP contribution in [0.5, 0.6) is 0 Å². The van der Waals surface area contributed by atoms with Crippen molar-refractivity contribution in [2.75, 3.05) is 59.0 Å². The fourth-order valence-corrected chi connectivity index (χ4v) is 4.20. The van der Waals surface area contributed by atoms with E-state index in [9.17, 15) is 5.11 Å². The number of hydrogen-bond acceptors (Lipinski definition) is 6. The van der Waals surface area contributed by atoms with E-state index in [1.807, 2.05) is 12.4 Å². The first-order valence-corrected chi connectivity index (χ1v) is 10.2. The molecule has 26 heavy (non-hydrogen) atoms. The average molecular weight is 362 g/mol. The average Bonchev–Trinajstić information content (AvgIpc) is 3.04. The predicted molar refractivity (Wildman–Crippen MR) is 104 cm³/mol. The van der Waals surface area contributed by atoms with Gasteiger partial charge in [-0.1, -0.05) is 20.8 Å². The lowest BCUT2D eigenvalue weighted by Gasteiger charge is -2.36. The third-order valence-corrected chi connectivity index (χ3v) is 5.94. The van der Waals surface area contributed by atoms with Crippen molar-refractivity contribution in [2.45, 2.75) is 33.2 Å². The lowest BCUT2D eigenvalue weighted by molar-refractivity contribution is 0.106. The van der Waals surface area contributed by atoms with Crippen LogP contribution < -0.4 is 0 Å². The van der Waals surface area contributed by atoms with Crippen LogP contribution in [0, 0.1) is 11.8 Å². The van der Waals surface area contributed by atoms with E-state index in [0.717, 1.165) is 51.6 Å². The molecule has 0 saturated carbocycles. The maximum atomic E-state index is 9.85. The summed E-state index contributed by atoms with van der Waals surface area (Å²) in [5.74, 6) is 2.22. The largest absolute Gasteiger partial charge is 0.396 e. The maximum Gasteiger partial charge on any atom is 0.130 e.